The molecule has 1 N–H and O–H groups in total. The Balaban J connectivity index is 1.98. The Morgan fingerprint density at radius 2 is 1.57 bits per heavy atom. The molecular formula is C16H14F3NO. The van der Waals surface area contributed by atoms with Gasteiger partial charge in [0.25, 0.3) is 0 Å². The van der Waals surface area contributed by atoms with Gasteiger partial charge in [0.05, 0.1) is 12.0 Å². The number of amides is 1. The van der Waals surface area contributed by atoms with Crippen LogP contribution in [0.4, 0.5) is 18.9 Å². The number of carbonyl (C=O) groups is 1. The highest BCUT2D eigenvalue weighted by molar-refractivity contribution is 5.92. The van der Waals surface area contributed by atoms with Gasteiger partial charge in [-0.15, -0.1) is 0 Å². The number of carbonyl (C=O) groups excluding carboxylic acids is 1. The Hall–Kier alpha value is -2.30. The monoisotopic (exact) mass is 293 g/mol. The molecule has 21 heavy (non-hydrogen) atoms. The molecule has 0 saturated heterocycles. The van der Waals surface area contributed by atoms with Crippen molar-refractivity contribution in [2.75, 3.05) is 5.32 Å². The second-order valence-electron chi connectivity index (χ2n) is 4.79. The van der Waals surface area contributed by atoms with Crippen molar-refractivity contribution in [2.45, 2.75) is 19.5 Å². The molecule has 2 aromatic rings. The van der Waals surface area contributed by atoms with Crippen LogP contribution in [0, 0.1) is 6.92 Å². The number of alkyl halides is 3. The smallest absolute Gasteiger partial charge is 0.326 e. The van der Waals surface area contributed by atoms with E-state index in [1.807, 2.05) is 31.2 Å². The van der Waals surface area contributed by atoms with E-state index in [1.165, 1.54) is 12.1 Å². The Kier molecular flexibility index (Phi) is 4.31. The highest BCUT2D eigenvalue weighted by atomic mass is 19.4. The molecule has 0 aliphatic heterocycles. The molecule has 2 nitrogen and oxygen atoms in total. The first kappa shape index (κ1) is 15.1. The van der Waals surface area contributed by atoms with Crippen LogP contribution in [0.25, 0.3) is 0 Å². The molecule has 0 unspecified atom stereocenters. The van der Waals surface area contributed by atoms with Gasteiger partial charge in [0, 0.05) is 5.69 Å². The minimum Gasteiger partial charge on any atom is -0.326 e. The van der Waals surface area contributed by atoms with Crippen molar-refractivity contribution >= 4 is 11.6 Å². The normalized spacial score (nSPS) is 11.2. The number of anilines is 1. The molecule has 0 atom stereocenters. The van der Waals surface area contributed by atoms with Crippen LogP contribution >= 0.6 is 0 Å². The lowest BCUT2D eigenvalue weighted by molar-refractivity contribution is -0.137. The van der Waals surface area contributed by atoms with Crippen LogP contribution in [0.15, 0.2) is 48.5 Å². The molecule has 2 aromatic carbocycles. The van der Waals surface area contributed by atoms with Crippen molar-refractivity contribution in [3.8, 4) is 0 Å². The minimum absolute atomic E-state index is 0.182. The van der Waals surface area contributed by atoms with E-state index in [-0.39, 0.29) is 12.3 Å². The third kappa shape index (κ3) is 4.34. The van der Waals surface area contributed by atoms with Gasteiger partial charge >= 0.3 is 6.18 Å². The maximum atomic E-state index is 12.4. The van der Waals surface area contributed by atoms with Crippen molar-refractivity contribution in [3.63, 3.8) is 0 Å². The molecule has 0 aliphatic rings. The number of nitrogens with one attached hydrogen (secondary N) is 1. The first-order chi connectivity index (χ1) is 9.84. The number of hydrogen-bond acceptors (Lipinski definition) is 1. The maximum absolute atomic E-state index is 12.4. The third-order valence-electron chi connectivity index (χ3n) is 2.98. The van der Waals surface area contributed by atoms with Crippen molar-refractivity contribution in [1.82, 2.24) is 0 Å². The largest absolute Gasteiger partial charge is 0.416 e. The summed E-state index contributed by atoms with van der Waals surface area (Å²) in [6.45, 7) is 1.95. The Labute approximate surface area is 120 Å². The van der Waals surface area contributed by atoms with Gasteiger partial charge in [-0.3, -0.25) is 4.79 Å². The van der Waals surface area contributed by atoms with E-state index in [2.05, 4.69) is 5.32 Å². The van der Waals surface area contributed by atoms with Gasteiger partial charge in [0.1, 0.15) is 0 Å². The van der Waals surface area contributed by atoms with Crippen molar-refractivity contribution in [3.05, 3.63) is 65.2 Å². The van der Waals surface area contributed by atoms with Crippen molar-refractivity contribution in [2.24, 2.45) is 0 Å². The zero-order chi connectivity index (χ0) is 15.5. The quantitative estimate of drug-likeness (QED) is 0.903. The zero-order valence-corrected chi connectivity index (χ0v) is 11.4. The Bertz CT molecular complexity index is 615. The summed E-state index contributed by atoms with van der Waals surface area (Å²) >= 11 is 0. The Morgan fingerprint density at radius 1 is 1.00 bits per heavy atom. The van der Waals surface area contributed by atoms with Gasteiger partial charge in [-0.25, -0.2) is 0 Å². The first-order valence-electron chi connectivity index (χ1n) is 6.37. The van der Waals surface area contributed by atoms with Gasteiger partial charge in [0.15, 0.2) is 0 Å². The fraction of sp³-hybridized carbons (Fsp3) is 0.188. The van der Waals surface area contributed by atoms with Crippen LogP contribution in [0.2, 0.25) is 0 Å². The molecule has 1 amide bonds. The second kappa shape index (κ2) is 5.99. The summed E-state index contributed by atoms with van der Waals surface area (Å²) in [6, 6.07) is 11.9. The molecule has 5 heteroatoms. The van der Waals surface area contributed by atoms with Crippen LogP contribution in [-0.2, 0) is 17.4 Å². The first-order valence-corrected chi connectivity index (χ1v) is 6.37. The molecular weight excluding hydrogens is 279 g/mol. The summed E-state index contributed by atoms with van der Waals surface area (Å²) in [4.78, 5) is 11.8. The van der Waals surface area contributed by atoms with E-state index in [0.29, 0.717) is 5.69 Å². The summed E-state index contributed by atoms with van der Waals surface area (Å²) in [6.07, 6.45) is -4.19. The average molecular weight is 293 g/mol. The number of hydrogen-bond donors (Lipinski definition) is 1. The predicted molar refractivity (Wildman–Crippen MR) is 75.0 cm³/mol. The standard InChI is InChI=1S/C16H14F3NO/c1-11-2-4-12(5-3-11)10-15(21)20-14-8-6-13(7-9-14)16(17,18)19/h2-9H,10H2,1H3,(H,20,21). The van der Waals surface area contributed by atoms with E-state index in [1.54, 1.807) is 0 Å². The van der Waals surface area contributed by atoms with Crippen LogP contribution in [0.5, 0.6) is 0 Å². The maximum Gasteiger partial charge on any atom is 0.416 e. The van der Waals surface area contributed by atoms with Gasteiger partial charge < -0.3 is 5.32 Å². The molecule has 0 fully saturated rings. The molecule has 0 aromatic heterocycles. The van der Waals surface area contributed by atoms with E-state index in [9.17, 15) is 18.0 Å². The summed E-state index contributed by atoms with van der Waals surface area (Å²) in [5.41, 5.74) is 1.56. The van der Waals surface area contributed by atoms with Crippen molar-refractivity contribution in [1.29, 1.82) is 0 Å². The van der Waals surface area contributed by atoms with Crippen LogP contribution in [-0.4, -0.2) is 5.91 Å². The number of rotatable bonds is 3. The SMILES string of the molecule is Cc1ccc(CC(=O)Nc2ccc(C(F)(F)F)cc2)cc1. The van der Waals surface area contributed by atoms with Crippen LogP contribution in [0.1, 0.15) is 16.7 Å². The topological polar surface area (TPSA) is 29.1 Å². The average Bonchev–Trinajstić information content (AvgIpc) is 2.41. The third-order valence-corrected chi connectivity index (χ3v) is 2.98. The van der Waals surface area contributed by atoms with Gasteiger partial charge in [-0.2, -0.15) is 13.2 Å². The molecule has 110 valence electrons. The molecule has 0 aliphatic carbocycles. The van der Waals surface area contributed by atoms with E-state index in [0.717, 1.165) is 23.3 Å². The highest BCUT2D eigenvalue weighted by Crippen LogP contribution is 2.29. The molecule has 0 bridgehead atoms. The Morgan fingerprint density at radius 3 is 2.10 bits per heavy atom. The number of aryl methyl sites for hydroxylation is 1. The summed E-state index contributed by atoms with van der Waals surface area (Å²) in [5, 5.41) is 2.58. The molecule has 0 spiro atoms. The van der Waals surface area contributed by atoms with E-state index in [4.69, 9.17) is 0 Å². The predicted octanol–water partition coefficient (Wildman–Crippen LogP) is 4.20. The van der Waals surface area contributed by atoms with E-state index < -0.39 is 11.7 Å². The number of halogens is 3. The lowest BCUT2D eigenvalue weighted by Gasteiger charge is -2.09. The molecule has 2 rings (SSSR count). The molecule has 0 saturated carbocycles. The molecule has 0 radical (unpaired) electrons. The van der Waals surface area contributed by atoms with E-state index >= 15 is 0 Å². The zero-order valence-electron chi connectivity index (χ0n) is 11.4. The number of benzene rings is 2. The highest BCUT2D eigenvalue weighted by Gasteiger charge is 2.29. The lowest BCUT2D eigenvalue weighted by atomic mass is 10.1. The minimum atomic E-state index is -4.37. The summed E-state index contributed by atoms with van der Waals surface area (Å²) in [7, 11) is 0. The van der Waals surface area contributed by atoms with Gasteiger partial charge in [-0.1, -0.05) is 29.8 Å². The summed E-state index contributed by atoms with van der Waals surface area (Å²) in [5.74, 6) is -0.265. The summed E-state index contributed by atoms with van der Waals surface area (Å²) < 4.78 is 37.2. The fourth-order valence-corrected chi connectivity index (χ4v) is 1.84. The van der Waals surface area contributed by atoms with Crippen molar-refractivity contribution < 1.29 is 18.0 Å². The lowest BCUT2D eigenvalue weighted by Crippen LogP contribution is -2.14. The molecule has 0 heterocycles. The van der Waals surface area contributed by atoms with Crippen LogP contribution in [0.3, 0.4) is 0 Å². The fourth-order valence-electron chi connectivity index (χ4n) is 1.84. The van der Waals surface area contributed by atoms with Gasteiger partial charge in [0.2, 0.25) is 5.91 Å². The van der Waals surface area contributed by atoms with Gasteiger partial charge in [-0.05, 0) is 36.8 Å². The van der Waals surface area contributed by atoms with Crippen LogP contribution < -0.4 is 5.32 Å². The second-order valence-corrected chi connectivity index (χ2v) is 4.79.